The topological polar surface area (TPSA) is 57.1 Å². The van der Waals surface area contributed by atoms with Crippen molar-refractivity contribution in [1.82, 2.24) is 10.2 Å². The Morgan fingerprint density at radius 3 is 3.05 bits per heavy atom. The second-order valence-corrected chi connectivity index (χ2v) is 5.58. The Labute approximate surface area is 133 Å². The third-order valence-electron chi connectivity index (χ3n) is 3.82. The SMILES string of the molecule is CCNC(=NCCCc1cccc(OC)c1)N1CC[C@@H](O)C1. The first kappa shape index (κ1) is 16.6. The van der Waals surface area contributed by atoms with E-state index in [4.69, 9.17) is 4.74 Å². The van der Waals surface area contributed by atoms with Gasteiger partial charge in [-0.2, -0.15) is 0 Å². The molecule has 2 N–H and O–H groups in total. The Morgan fingerprint density at radius 2 is 2.36 bits per heavy atom. The van der Waals surface area contributed by atoms with Crippen molar-refractivity contribution in [2.75, 3.05) is 33.3 Å². The fourth-order valence-corrected chi connectivity index (χ4v) is 2.66. The number of methoxy groups -OCH3 is 1. The van der Waals surface area contributed by atoms with Crippen LogP contribution in [0.2, 0.25) is 0 Å². The van der Waals surface area contributed by atoms with Crippen molar-refractivity contribution >= 4 is 5.96 Å². The first-order valence-electron chi connectivity index (χ1n) is 8.07. The van der Waals surface area contributed by atoms with Gasteiger partial charge in [0.05, 0.1) is 13.2 Å². The lowest BCUT2D eigenvalue weighted by Crippen LogP contribution is -2.40. The highest BCUT2D eigenvalue weighted by molar-refractivity contribution is 5.80. The third-order valence-corrected chi connectivity index (χ3v) is 3.82. The van der Waals surface area contributed by atoms with Crippen LogP contribution in [0, 0.1) is 0 Å². The van der Waals surface area contributed by atoms with E-state index in [1.807, 2.05) is 12.1 Å². The Bertz CT molecular complexity index is 491. The summed E-state index contributed by atoms with van der Waals surface area (Å²) in [5.74, 6) is 1.82. The summed E-state index contributed by atoms with van der Waals surface area (Å²) in [5.41, 5.74) is 1.27. The van der Waals surface area contributed by atoms with Crippen molar-refractivity contribution in [2.45, 2.75) is 32.3 Å². The first-order valence-corrected chi connectivity index (χ1v) is 8.07. The molecule has 1 atom stereocenters. The van der Waals surface area contributed by atoms with Gasteiger partial charge in [-0.3, -0.25) is 4.99 Å². The predicted octanol–water partition coefficient (Wildman–Crippen LogP) is 1.66. The lowest BCUT2D eigenvalue weighted by atomic mass is 10.1. The lowest BCUT2D eigenvalue weighted by Gasteiger charge is -2.20. The molecule has 5 heteroatoms. The molecule has 0 bridgehead atoms. The van der Waals surface area contributed by atoms with E-state index in [0.29, 0.717) is 6.54 Å². The minimum Gasteiger partial charge on any atom is -0.497 e. The van der Waals surface area contributed by atoms with Crippen LogP contribution < -0.4 is 10.1 Å². The van der Waals surface area contributed by atoms with Crippen LogP contribution in [-0.2, 0) is 6.42 Å². The van der Waals surface area contributed by atoms with E-state index in [1.54, 1.807) is 7.11 Å². The van der Waals surface area contributed by atoms with Crippen LogP contribution in [0.1, 0.15) is 25.3 Å². The molecule has 5 nitrogen and oxygen atoms in total. The zero-order chi connectivity index (χ0) is 15.8. The normalized spacial score (nSPS) is 18.6. The summed E-state index contributed by atoms with van der Waals surface area (Å²) in [6.07, 6.45) is 2.59. The average molecular weight is 305 g/mol. The van der Waals surface area contributed by atoms with Gasteiger partial charge in [0, 0.05) is 26.2 Å². The Hall–Kier alpha value is -1.75. The van der Waals surface area contributed by atoms with E-state index in [1.165, 1.54) is 5.56 Å². The molecule has 0 radical (unpaired) electrons. The van der Waals surface area contributed by atoms with Gasteiger partial charge < -0.3 is 20.1 Å². The molecule has 0 saturated carbocycles. The minimum absolute atomic E-state index is 0.222. The molecule has 122 valence electrons. The molecule has 0 unspecified atom stereocenters. The maximum Gasteiger partial charge on any atom is 0.194 e. The Kier molecular flexibility index (Phi) is 6.52. The number of benzene rings is 1. The van der Waals surface area contributed by atoms with Crippen molar-refractivity contribution in [1.29, 1.82) is 0 Å². The second-order valence-electron chi connectivity index (χ2n) is 5.58. The first-order chi connectivity index (χ1) is 10.7. The number of guanidine groups is 1. The van der Waals surface area contributed by atoms with Gasteiger partial charge in [-0.15, -0.1) is 0 Å². The van der Waals surface area contributed by atoms with Gasteiger partial charge in [-0.1, -0.05) is 12.1 Å². The van der Waals surface area contributed by atoms with Crippen LogP contribution in [0.4, 0.5) is 0 Å². The number of aliphatic hydroxyl groups excluding tert-OH is 1. The fraction of sp³-hybridized carbons (Fsp3) is 0.588. The molecule has 1 aromatic rings. The summed E-state index contributed by atoms with van der Waals surface area (Å²) >= 11 is 0. The zero-order valence-electron chi connectivity index (χ0n) is 13.6. The standard InChI is InChI=1S/C17H27N3O2/c1-3-18-17(20-11-9-15(21)13-20)19-10-5-7-14-6-4-8-16(12-14)22-2/h4,6,8,12,15,21H,3,5,7,9-11,13H2,1-2H3,(H,18,19)/t15-/m1/s1. The number of β-amino-alcohol motifs (C(OH)–C–C–N with tert-alkyl or cyclic N) is 1. The highest BCUT2D eigenvalue weighted by Gasteiger charge is 2.22. The van der Waals surface area contributed by atoms with Crippen LogP contribution in [0.3, 0.4) is 0 Å². The molecular weight excluding hydrogens is 278 g/mol. The second kappa shape index (κ2) is 8.63. The van der Waals surface area contributed by atoms with E-state index >= 15 is 0 Å². The highest BCUT2D eigenvalue weighted by Crippen LogP contribution is 2.14. The summed E-state index contributed by atoms with van der Waals surface area (Å²) in [4.78, 5) is 6.82. The molecule has 22 heavy (non-hydrogen) atoms. The van der Waals surface area contributed by atoms with Gasteiger partial charge in [0.25, 0.3) is 0 Å². The van der Waals surface area contributed by atoms with Crippen LogP contribution in [0.15, 0.2) is 29.3 Å². The molecule has 0 amide bonds. The van der Waals surface area contributed by atoms with Crippen LogP contribution in [-0.4, -0.2) is 55.4 Å². The quantitative estimate of drug-likeness (QED) is 0.477. The molecule has 2 rings (SSSR count). The van der Waals surface area contributed by atoms with Crippen LogP contribution in [0.25, 0.3) is 0 Å². The number of ether oxygens (including phenoxy) is 1. The van der Waals surface area contributed by atoms with Gasteiger partial charge in [0.1, 0.15) is 5.75 Å². The molecule has 1 aliphatic rings. The number of aryl methyl sites for hydroxylation is 1. The van der Waals surface area contributed by atoms with E-state index in [2.05, 4.69) is 34.3 Å². The molecular formula is C17H27N3O2. The number of hydrogen-bond acceptors (Lipinski definition) is 3. The van der Waals surface area contributed by atoms with Gasteiger partial charge in [0.15, 0.2) is 5.96 Å². The molecule has 0 aromatic heterocycles. The molecule has 1 saturated heterocycles. The monoisotopic (exact) mass is 305 g/mol. The highest BCUT2D eigenvalue weighted by atomic mass is 16.5. The number of rotatable bonds is 6. The summed E-state index contributed by atoms with van der Waals surface area (Å²) in [5, 5.41) is 13.0. The van der Waals surface area contributed by atoms with Gasteiger partial charge in [-0.05, 0) is 43.9 Å². The summed E-state index contributed by atoms with van der Waals surface area (Å²) in [6, 6.07) is 8.18. The van der Waals surface area contributed by atoms with Gasteiger partial charge >= 0.3 is 0 Å². The number of hydrogen-bond donors (Lipinski definition) is 2. The molecule has 1 aromatic carbocycles. The van der Waals surface area contributed by atoms with E-state index in [9.17, 15) is 5.11 Å². The number of nitrogens with zero attached hydrogens (tertiary/aromatic N) is 2. The summed E-state index contributed by atoms with van der Waals surface area (Å²) in [6.45, 7) is 5.26. The summed E-state index contributed by atoms with van der Waals surface area (Å²) in [7, 11) is 1.69. The van der Waals surface area contributed by atoms with Gasteiger partial charge in [-0.25, -0.2) is 0 Å². The Morgan fingerprint density at radius 1 is 1.50 bits per heavy atom. The largest absolute Gasteiger partial charge is 0.497 e. The van der Waals surface area contributed by atoms with E-state index in [0.717, 1.165) is 50.6 Å². The lowest BCUT2D eigenvalue weighted by molar-refractivity contribution is 0.188. The molecule has 0 aliphatic carbocycles. The maximum atomic E-state index is 9.65. The van der Waals surface area contributed by atoms with Crippen LogP contribution in [0.5, 0.6) is 5.75 Å². The predicted molar refractivity (Wildman–Crippen MR) is 89.5 cm³/mol. The maximum absolute atomic E-state index is 9.65. The zero-order valence-corrected chi connectivity index (χ0v) is 13.6. The van der Waals surface area contributed by atoms with E-state index in [-0.39, 0.29) is 6.10 Å². The number of nitrogens with one attached hydrogen (secondary N) is 1. The van der Waals surface area contributed by atoms with Crippen molar-refractivity contribution < 1.29 is 9.84 Å². The molecule has 1 heterocycles. The molecule has 0 spiro atoms. The smallest absolute Gasteiger partial charge is 0.194 e. The molecule has 1 fully saturated rings. The number of aliphatic imine (C=N–C) groups is 1. The van der Waals surface area contributed by atoms with Crippen LogP contribution >= 0.6 is 0 Å². The van der Waals surface area contributed by atoms with Crippen molar-refractivity contribution in [3.05, 3.63) is 29.8 Å². The van der Waals surface area contributed by atoms with Crippen molar-refractivity contribution in [2.24, 2.45) is 4.99 Å². The van der Waals surface area contributed by atoms with E-state index < -0.39 is 0 Å². The fourth-order valence-electron chi connectivity index (χ4n) is 2.66. The average Bonchev–Trinajstić information content (AvgIpc) is 2.97. The Balaban J connectivity index is 1.83. The number of aliphatic hydroxyl groups is 1. The van der Waals surface area contributed by atoms with Crippen molar-refractivity contribution in [3.63, 3.8) is 0 Å². The third kappa shape index (κ3) is 4.91. The summed E-state index contributed by atoms with van der Waals surface area (Å²) < 4.78 is 5.24. The van der Waals surface area contributed by atoms with Gasteiger partial charge in [0.2, 0.25) is 0 Å². The minimum atomic E-state index is -0.222. The van der Waals surface area contributed by atoms with Crippen molar-refractivity contribution in [3.8, 4) is 5.75 Å². The number of likely N-dealkylation sites (tertiary alicyclic amines) is 1. The molecule has 1 aliphatic heterocycles.